The number of amides is 2. The van der Waals surface area contributed by atoms with Gasteiger partial charge in [0.05, 0.1) is 17.4 Å². The number of aromatic nitrogens is 2. The molecule has 1 aromatic heterocycles. The predicted molar refractivity (Wildman–Crippen MR) is 129 cm³/mol. The molecule has 33 heavy (non-hydrogen) atoms. The molecule has 3 aromatic rings. The molecule has 0 atom stereocenters. The summed E-state index contributed by atoms with van der Waals surface area (Å²) in [5, 5.41) is 3.51. The lowest BCUT2D eigenvalue weighted by atomic mass is 10.2. The number of benzene rings is 2. The molecule has 1 aliphatic carbocycles. The molecule has 0 aliphatic heterocycles. The number of hydrogen-bond acceptors (Lipinski definition) is 4. The standard InChI is InChI=1S/C26H30N4O3/c1-3-16-29(17-24(31)28-21-10-6-4-8-18(21)2)25(32)15-14-23-27-22-11-7-5-9-20(22)26(33)30(23)19-12-13-19/h4-11,19H,3,12-17H2,1-2H3,(H,28,31). The number of anilines is 1. The average molecular weight is 447 g/mol. The van der Waals surface area contributed by atoms with Gasteiger partial charge in [0.25, 0.3) is 5.56 Å². The molecule has 7 heteroatoms. The van der Waals surface area contributed by atoms with Crippen molar-refractivity contribution in [3.8, 4) is 0 Å². The maximum absolute atomic E-state index is 13.0. The number of para-hydroxylation sites is 2. The predicted octanol–water partition coefficient (Wildman–Crippen LogP) is 3.85. The first-order valence-electron chi connectivity index (χ1n) is 11.6. The smallest absolute Gasteiger partial charge is 0.261 e. The summed E-state index contributed by atoms with van der Waals surface area (Å²) < 4.78 is 1.77. The van der Waals surface area contributed by atoms with E-state index in [2.05, 4.69) is 5.32 Å². The fourth-order valence-corrected chi connectivity index (χ4v) is 4.09. The van der Waals surface area contributed by atoms with Gasteiger partial charge in [-0.1, -0.05) is 37.3 Å². The van der Waals surface area contributed by atoms with E-state index < -0.39 is 0 Å². The molecule has 0 bridgehead atoms. The third-order valence-corrected chi connectivity index (χ3v) is 5.96. The van der Waals surface area contributed by atoms with Crippen LogP contribution in [0.5, 0.6) is 0 Å². The summed E-state index contributed by atoms with van der Waals surface area (Å²) in [5.74, 6) is 0.321. The minimum atomic E-state index is -0.218. The second-order valence-corrected chi connectivity index (χ2v) is 8.63. The van der Waals surface area contributed by atoms with Crippen LogP contribution in [0.25, 0.3) is 10.9 Å². The topological polar surface area (TPSA) is 84.3 Å². The summed E-state index contributed by atoms with van der Waals surface area (Å²) >= 11 is 0. The number of carbonyl (C=O) groups is 2. The van der Waals surface area contributed by atoms with Gasteiger partial charge in [0, 0.05) is 31.1 Å². The maximum Gasteiger partial charge on any atom is 0.261 e. The number of hydrogen-bond donors (Lipinski definition) is 1. The molecule has 1 N–H and O–H groups in total. The van der Waals surface area contributed by atoms with E-state index in [4.69, 9.17) is 4.98 Å². The van der Waals surface area contributed by atoms with Crippen molar-refractivity contribution in [3.05, 3.63) is 70.3 Å². The van der Waals surface area contributed by atoms with Gasteiger partial charge in [-0.3, -0.25) is 19.0 Å². The summed E-state index contributed by atoms with van der Waals surface area (Å²) in [7, 11) is 0. The molecule has 172 valence electrons. The number of nitrogens with zero attached hydrogens (tertiary/aromatic N) is 3. The highest BCUT2D eigenvalue weighted by molar-refractivity contribution is 5.95. The SMILES string of the molecule is CCCN(CC(=O)Nc1ccccc1C)C(=O)CCc1nc2ccccc2c(=O)n1C1CC1. The lowest BCUT2D eigenvalue weighted by Crippen LogP contribution is -2.39. The third-order valence-electron chi connectivity index (χ3n) is 5.96. The van der Waals surface area contributed by atoms with E-state index in [9.17, 15) is 14.4 Å². The number of nitrogens with one attached hydrogen (secondary N) is 1. The number of aryl methyl sites for hydroxylation is 2. The Bertz CT molecular complexity index is 1230. The minimum absolute atomic E-state index is 0.00157. The lowest BCUT2D eigenvalue weighted by molar-refractivity contribution is -0.134. The molecule has 1 fully saturated rings. The first-order valence-corrected chi connectivity index (χ1v) is 11.6. The van der Waals surface area contributed by atoms with Gasteiger partial charge in [-0.05, 0) is 49.9 Å². The molecule has 0 unspecified atom stereocenters. The van der Waals surface area contributed by atoms with Crippen molar-refractivity contribution < 1.29 is 9.59 Å². The van der Waals surface area contributed by atoms with E-state index in [1.54, 1.807) is 15.5 Å². The fourth-order valence-electron chi connectivity index (χ4n) is 4.09. The van der Waals surface area contributed by atoms with Crippen LogP contribution in [0.2, 0.25) is 0 Å². The average Bonchev–Trinajstić information content (AvgIpc) is 3.64. The van der Waals surface area contributed by atoms with Crippen LogP contribution < -0.4 is 10.9 Å². The molecular formula is C26H30N4O3. The number of carbonyl (C=O) groups excluding carboxylic acids is 2. The Morgan fingerprint density at radius 2 is 1.85 bits per heavy atom. The summed E-state index contributed by atoms with van der Waals surface area (Å²) in [6.45, 7) is 4.41. The molecule has 0 spiro atoms. The lowest BCUT2D eigenvalue weighted by Gasteiger charge is -2.22. The molecular weight excluding hydrogens is 416 g/mol. The van der Waals surface area contributed by atoms with Crippen molar-refractivity contribution >= 4 is 28.4 Å². The Balaban J connectivity index is 1.46. The Hall–Kier alpha value is -3.48. The van der Waals surface area contributed by atoms with Crippen molar-refractivity contribution in [2.24, 2.45) is 0 Å². The fraction of sp³-hybridized carbons (Fsp3) is 0.385. The van der Waals surface area contributed by atoms with Gasteiger partial charge in [0.15, 0.2) is 0 Å². The minimum Gasteiger partial charge on any atom is -0.333 e. The van der Waals surface area contributed by atoms with Crippen molar-refractivity contribution in [2.45, 2.75) is 52.0 Å². The van der Waals surface area contributed by atoms with Crippen molar-refractivity contribution in [1.29, 1.82) is 0 Å². The van der Waals surface area contributed by atoms with Crippen molar-refractivity contribution in [1.82, 2.24) is 14.5 Å². The van der Waals surface area contributed by atoms with E-state index in [0.717, 1.165) is 30.5 Å². The van der Waals surface area contributed by atoms with Gasteiger partial charge >= 0.3 is 0 Å². The zero-order chi connectivity index (χ0) is 23.4. The Kier molecular flexibility index (Phi) is 6.87. The van der Waals surface area contributed by atoms with Gasteiger partial charge in [0.1, 0.15) is 5.82 Å². The molecule has 7 nitrogen and oxygen atoms in total. The Morgan fingerprint density at radius 1 is 1.12 bits per heavy atom. The van der Waals surface area contributed by atoms with E-state index >= 15 is 0 Å². The van der Waals surface area contributed by atoms with E-state index in [0.29, 0.717) is 29.7 Å². The van der Waals surface area contributed by atoms with Gasteiger partial charge in [-0.2, -0.15) is 0 Å². The quantitative estimate of drug-likeness (QED) is 0.541. The maximum atomic E-state index is 13.0. The van der Waals surface area contributed by atoms with Crippen LogP contribution in [-0.2, 0) is 16.0 Å². The monoisotopic (exact) mass is 446 g/mol. The molecule has 4 rings (SSSR count). The normalized spacial score (nSPS) is 13.2. The van der Waals surface area contributed by atoms with E-state index in [1.807, 2.05) is 56.3 Å². The van der Waals surface area contributed by atoms with Gasteiger partial charge < -0.3 is 10.2 Å². The summed E-state index contributed by atoms with van der Waals surface area (Å²) in [6.07, 6.45) is 3.25. The van der Waals surface area contributed by atoms with Gasteiger partial charge in [-0.25, -0.2) is 4.98 Å². The molecule has 2 amide bonds. The molecule has 0 saturated heterocycles. The van der Waals surface area contributed by atoms with E-state index in [1.165, 1.54) is 0 Å². The first kappa shape index (κ1) is 22.7. The zero-order valence-electron chi connectivity index (χ0n) is 19.2. The highest BCUT2D eigenvalue weighted by Gasteiger charge is 2.28. The highest BCUT2D eigenvalue weighted by atomic mass is 16.2. The van der Waals surface area contributed by atoms with Crippen LogP contribution in [-0.4, -0.2) is 39.4 Å². The van der Waals surface area contributed by atoms with Crippen molar-refractivity contribution in [2.75, 3.05) is 18.4 Å². The van der Waals surface area contributed by atoms with Crippen LogP contribution >= 0.6 is 0 Å². The van der Waals surface area contributed by atoms with Crippen molar-refractivity contribution in [3.63, 3.8) is 0 Å². The Labute approximate surface area is 193 Å². The second kappa shape index (κ2) is 9.98. The van der Waals surface area contributed by atoms with Crippen LogP contribution in [0.3, 0.4) is 0 Å². The highest BCUT2D eigenvalue weighted by Crippen LogP contribution is 2.35. The second-order valence-electron chi connectivity index (χ2n) is 8.63. The number of rotatable bonds is 9. The van der Waals surface area contributed by atoms with Crippen LogP contribution in [0.15, 0.2) is 53.3 Å². The zero-order valence-corrected chi connectivity index (χ0v) is 19.2. The van der Waals surface area contributed by atoms with E-state index in [-0.39, 0.29) is 36.4 Å². The van der Waals surface area contributed by atoms with Gasteiger partial charge in [-0.15, -0.1) is 0 Å². The molecule has 1 aliphatic rings. The van der Waals surface area contributed by atoms with Crippen LogP contribution in [0, 0.1) is 6.92 Å². The Morgan fingerprint density at radius 3 is 2.58 bits per heavy atom. The molecule has 1 heterocycles. The molecule has 1 saturated carbocycles. The van der Waals surface area contributed by atoms with Gasteiger partial charge in [0.2, 0.25) is 11.8 Å². The molecule has 2 aromatic carbocycles. The largest absolute Gasteiger partial charge is 0.333 e. The van der Waals surface area contributed by atoms with Crippen LogP contribution in [0.4, 0.5) is 5.69 Å². The summed E-state index contributed by atoms with van der Waals surface area (Å²) in [4.78, 5) is 45.0. The molecule has 0 radical (unpaired) electrons. The first-order chi connectivity index (χ1) is 16.0. The number of fused-ring (bicyclic) bond motifs is 1. The summed E-state index contributed by atoms with van der Waals surface area (Å²) in [5.41, 5.74) is 2.35. The van der Waals surface area contributed by atoms with Crippen LogP contribution in [0.1, 0.15) is 50.0 Å². The third kappa shape index (κ3) is 5.30. The summed E-state index contributed by atoms with van der Waals surface area (Å²) in [6, 6.07) is 15.1.